The highest BCUT2D eigenvalue weighted by Gasteiger charge is 2.28. The van der Waals surface area contributed by atoms with E-state index in [1.807, 2.05) is 37.3 Å². The lowest BCUT2D eigenvalue weighted by atomic mass is 10.1. The lowest BCUT2D eigenvalue weighted by molar-refractivity contribution is -0.122. The van der Waals surface area contributed by atoms with Crippen molar-refractivity contribution in [2.24, 2.45) is 0 Å². The predicted molar refractivity (Wildman–Crippen MR) is 90.6 cm³/mol. The van der Waals surface area contributed by atoms with Crippen LogP contribution in [0.15, 0.2) is 46.5 Å². The van der Waals surface area contributed by atoms with Crippen molar-refractivity contribution in [1.29, 1.82) is 0 Å². The minimum absolute atomic E-state index is 0.0473. The highest BCUT2D eigenvalue weighted by molar-refractivity contribution is 7.99. The van der Waals surface area contributed by atoms with Crippen molar-refractivity contribution < 1.29 is 4.79 Å². The Morgan fingerprint density at radius 1 is 1.43 bits per heavy atom. The van der Waals surface area contributed by atoms with Crippen molar-refractivity contribution in [3.05, 3.63) is 58.0 Å². The average Bonchev–Trinajstić information content (AvgIpc) is 2.95. The molecule has 0 fully saturated rings. The SMILES string of the molecule is Cc1cnc2n(c1=O)[C@H](CC(=O)N[C@@H](C)c1ccccc1)CS2. The number of nitrogens with one attached hydrogen (secondary N) is 1. The molecule has 6 heteroatoms. The number of hydrogen-bond acceptors (Lipinski definition) is 4. The summed E-state index contributed by atoms with van der Waals surface area (Å²) in [6, 6.07) is 9.66. The van der Waals surface area contributed by atoms with Gasteiger partial charge >= 0.3 is 0 Å². The second-order valence-corrected chi connectivity index (χ2v) is 6.75. The van der Waals surface area contributed by atoms with Crippen molar-refractivity contribution >= 4 is 17.7 Å². The minimum atomic E-state index is -0.127. The van der Waals surface area contributed by atoms with Gasteiger partial charge in [0.15, 0.2) is 5.16 Å². The van der Waals surface area contributed by atoms with Crippen LogP contribution in [0.5, 0.6) is 0 Å². The van der Waals surface area contributed by atoms with Crippen LogP contribution in [-0.4, -0.2) is 21.2 Å². The summed E-state index contributed by atoms with van der Waals surface area (Å²) in [7, 11) is 0. The van der Waals surface area contributed by atoms with E-state index < -0.39 is 0 Å². The van der Waals surface area contributed by atoms with E-state index in [1.165, 1.54) is 11.8 Å². The number of nitrogens with zero attached hydrogens (tertiary/aromatic N) is 2. The van der Waals surface area contributed by atoms with E-state index in [-0.39, 0.29) is 23.6 Å². The number of carbonyl (C=O) groups is 1. The van der Waals surface area contributed by atoms with E-state index in [0.29, 0.717) is 22.9 Å². The molecule has 23 heavy (non-hydrogen) atoms. The molecule has 0 bridgehead atoms. The number of benzene rings is 1. The quantitative estimate of drug-likeness (QED) is 0.875. The zero-order valence-electron chi connectivity index (χ0n) is 13.2. The minimum Gasteiger partial charge on any atom is -0.350 e. The van der Waals surface area contributed by atoms with Gasteiger partial charge in [-0.1, -0.05) is 42.1 Å². The Bertz CT molecular complexity index is 773. The summed E-state index contributed by atoms with van der Waals surface area (Å²) in [5.41, 5.74) is 1.63. The second-order valence-electron chi connectivity index (χ2n) is 5.77. The molecule has 0 saturated heterocycles. The van der Waals surface area contributed by atoms with Gasteiger partial charge in [-0.2, -0.15) is 0 Å². The molecular formula is C17H19N3O2S. The van der Waals surface area contributed by atoms with Crippen LogP contribution in [0.1, 0.15) is 36.6 Å². The number of hydrogen-bond donors (Lipinski definition) is 1. The molecule has 3 rings (SSSR count). The maximum atomic E-state index is 12.3. The van der Waals surface area contributed by atoms with Gasteiger partial charge < -0.3 is 5.32 Å². The standard InChI is InChI=1S/C17H19N3O2S/c1-11-9-18-17-20(16(11)22)14(10-23-17)8-15(21)19-12(2)13-6-4-3-5-7-13/h3-7,9,12,14H,8,10H2,1-2H3,(H,19,21)/t12-,14+/m0/s1. The monoisotopic (exact) mass is 329 g/mol. The first-order chi connectivity index (χ1) is 11.1. The van der Waals surface area contributed by atoms with Crippen LogP contribution in [-0.2, 0) is 4.79 Å². The maximum Gasteiger partial charge on any atom is 0.257 e. The molecule has 5 nitrogen and oxygen atoms in total. The van der Waals surface area contributed by atoms with Gasteiger partial charge in [0.05, 0.1) is 12.1 Å². The molecule has 1 aliphatic rings. The topological polar surface area (TPSA) is 64.0 Å². The Kier molecular flexibility index (Phi) is 4.52. The molecule has 1 aromatic heterocycles. The Hall–Kier alpha value is -2.08. The van der Waals surface area contributed by atoms with Crippen molar-refractivity contribution in [1.82, 2.24) is 14.9 Å². The molecule has 0 radical (unpaired) electrons. The van der Waals surface area contributed by atoms with Crippen molar-refractivity contribution in [2.75, 3.05) is 5.75 Å². The summed E-state index contributed by atoms with van der Waals surface area (Å²) < 4.78 is 1.66. The Morgan fingerprint density at radius 3 is 2.91 bits per heavy atom. The fraction of sp³-hybridized carbons (Fsp3) is 0.353. The van der Waals surface area contributed by atoms with E-state index in [2.05, 4.69) is 10.3 Å². The summed E-state index contributed by atoms with van der Waals surface area (Å²) in [6.07, 6.45) is 1.89. The summed E-state index contributed by atoms with van der Waals surface area (Å²) >= 11 is 1.53. The van der Waals surface area contributed by atoms with Crippen LogP contribution < -0.4 is 10.9 Å². The number of rotatable bonds is 4. The van der Waals surface area contributed by atoms with Gasteiger partial charge in [0.1, 0.15) is 0 Å². The van der Waals surface area contributed by atoms with Crippen LogP contribution in [0, 0.1) is 6.92 Å². The Labute approximate surface area is 139 Å². The second kappa shape index (κ2) is 6.58. The van der Waals surface area contributed by atoms with Crippen LogP contribution in [0.4, 0.5) is 0 Å². The lowest BCUT2D eigenvalue weighted by Crippen LogP contribution is -2.32. The molecule has 0 unspecified atom stereocenters. The molecular weight excluding hydrogens is 310 g/mol. The predicted octanol–water partition coefficient (Wildman–Crippen LogP) is 2.47. The van der Waals surface area contributed by atoms with Crippen molar-refractivity contribution in [2.45, 2.75) is 37.5 Å². The highest BCUT2D eigenvalue weighted by atomic mass is 32.2. The van der Waals surface area contributed by atoms with E-state index in [0.717, 1.165) is 5.56 Å². The van der Waals surface area contributed by atoms with Gasteiger partial charge in [-0.15, -0.1) is 0 Å². The van der Waals surface area contributed by atoms with Crippen molar-refractivity contribution in [3.63, 3.8) is 0 Å². The maximum absolute atomic E-state index is 12.3. The van der Waals surface area contributed by atoms with Gasteiger partial charge in [-0.3, -0.25) is 14.2 Å². The number of fused-ring (bicyclic) bond motifs is 1. The van der Waals surface area contributed by atoms with E-state index in [4.69, 9.17) is 0 Å². The molecule has 1 amide bonds. The molecule has 1 aromatic carbocycles. The molecule has 1 aliphatic heterocycles. The number of amides is 1. The van der Waals surface area contributed by atoms with Crippen LogP contribution in [0.3, 0.4) is 0 Å². The average molecular weight is 329 g/mol. The highest BCUT2D eigenvalue weighted by Crippen LogP contribution is 2.31. The van der Waals surface area contributed by atoms with Gasteiger partial charge in [0.2, 0.25) is 5.91 Å². The molecule has 2 atom stereocenters. The first-order valence-corrected chi connectivity index (χ1v) is 8.60. The molecule has 0 spiro atoms. The summed E-state index contributed by atoms with van der Waals surface area (Å²) in [5, 5.41) is 3.71. The van der Waals surface area contributed by atoms with E-state index >= 15 is 0 Å². The Morgan fingerprint density at radius 2 is 2.17 bits per heavy atom. The van der Waals surface area contributed by atoms with Crippen molar-refractivity contribution in [3.8, 4) is 0 Å². The van der Waals surface area contributed by atoms with Crippen LogP contribution >= 0.6 is 11.8 Å². The van der Waals surface area contributed by atoms with E-state index in [9.17, 15) is 9.59 Å². The van der Waals surface area contributed by atoms with Crippen LogP contribution in [0.25, 0.3) is 0 Å². The third-order valence-electron chi connectivity index (χ3n) is 4.00. The molecule has 120 valence electrons. The number of aryl methyl sites for hydroxylation is 1. The molecule has 2 aromatic rings. The van der Waals surface area contributed by atoms with Crippen LogP contribution in [0.2, 0.25) is 0 Å². The summed E-state index contributed by atoms with van der Waals surface area (Å²) in [5.74, 6) is 0.659. The molecule has 0 aliphatic carbocycles. The van der Waals surface area contributed by atoms with Gasteiger partial charge in [-0.05, 0) is 19.4 Å². The summed E-state index contributed by atoms with van der Waals surface area (Å²) in [4.78, 5) is 28.9. The normalized spacial score (nSPS) is 17.6. The third-order valence-corrected chi connectivity index (χ3v) is 5.11. The van der Waals surface area contributed by atoms with Gasteiger partial charge in [0, 0.05) is 23.9 Å². The molecule has 1 N–H and O–H groups in total. The first-order valence-electron chi connectivity index (χ1n) is 7.61. The summed E-state index contributed by atoms with van der Waals surface area (Å²) in [6.45, 7) is 3.71. The zero-order chi connectivity index (χ0) is 16.4. The smallest absolute Gasteiger partial charge is 0.257 e. The zero-order valence-corrected chi connectivity index (χ0v) is 14.0. The number of thioether (sulfide) groups is 1. The Balaban J connectivity index is 1.69. The number of aromatic nitrogens is 2. The molecule has 2 heterocycles. The molecule has 0 saturated carbocycles. The fourth-order valence-electron chi connectivity index (χ4n) is 2.71. The number of carbonyl (C=O) groups excluding carboxylic acids is 1. The van der Waals surface area contributed by atoms with Gasteiger partial charge in [-0.25, -0.2) is 4.98 Å². The first kappa shape index (κ1) is 15.8. The third kappa shape index (κ3) is 3.32. The fourth-order valence-corrected chi connectivity index (χ4v) is 3.82. The lowest BCUT2D eigenvalue weighted by Gasteiger charge is -2.17. The largest absolute Gasteiger partial charge is 0.350 e. The van der Waals surface area contributed by atoms with E-state index in [1.54, 1.807) is 17.7 Å². The van der Waals surface area contributed by atoms with Gasteiger partial charge in [0.25, 0.3) is 5.56 Å².